The highest BCUT2D eigenvalue weighted by molar-refractivity contribution is 7.16. The summed E-state index contributed by atoms with van der Waals surface area (Å²) in [6, 6.07) is 11.3. The molecule has 0 radical (unpaired) electrons. The molecule has 6 heteroatoms. The second-order valence-corrected chi connectivity index (χ2v) is 7.01. The smallest absolute Gasteiger partial charge is 0.355 e. The van der Waals surface area contributed by atoms with Crippen molar-refractivity contribution in [3.63, 3.8) is 0 Å². The van der Waals surface area contributed by atoms with Crippen LogP contribution in [0.15, 0.2) is 41.8 Å². The molecule has 0 aliphatic carbocycles. The predicted molar refractivity (Wildman–Crippen MR) is 100 cm³/mol. The van der Waals surface area contributed by atoms with Gasteiger partial charge < -0.3 is 14.6 Å². The lowest BCUT2D eigenvalue weighted by molar-refractivity contribution is -0.116. The number of carbonyl (C=O) groups is 2. The van der Waals surface area contributed by atoms with Gasteiger partial charge in [-0.1, -0.05) is 18.2 Å². The Balaban J connectivity index is 1.87. The Kier molecular flexibility index (Phi) is 4.90. The summed E-state index contributed by atoms with van der Waals surface area (Å²) < 4.78 is 7.03. The summed E-state index contributed by atoms with van der Waals surface area (Å²) in [4.78, 5) is 25.8. The van der Waals surface area contributed by atoms with E-state index in [0.717, 1.165) is 21.5 Å². The van der Waals surface area contributed by atoms with Gasteiger partial charge in [0.1, 0.15) is 17.1 Å². The maximum atomic E-state index is 12.5. The Bertz CT molecular complexity index is 924. The fourth-order valence-corrected chi connectivity index (χ4v) is 3.52. The Morgan fingerprint density at radius 1 is 1.24 bits per heavy atom. The number of carbonyl (C=O) groups excluding carboxylic acids is 2. The monoisotopic (exact) mass is 356 g/mol. The van der Waals surface area contributed by atoms with Crippen LogP contribution in [0.1, 0.15) is 29.9 Å². The normalized spacial score (nSPS) is 11.0. The molecular weight excluding hydrogens is 336 g/mol. The van der Waals surface area contributed by atoms with E-state index in [2.05, 4.69) is 5.32 Å². The van der Waals surface area contributed by atoms with E-state index >= 15 is 0 Å². The van der Waals surface area contributed by atoms with Gasteiger partial charge in [-0.15, -0.1) is 11.3 Å². The zero-order chi connectivity index (χ0) is 18.0. The number of esters is 1. The van der Waals surface area contributed by atoms with E-state index in [1.54, 1.807) is 24.5 Å². The molecule has 0 spiro atoms. The lowest BCUT2D eigenvalue weighted by Gasteiger charge is -2.13. The van der Waals surface area contributed by atoms with Crippen molar-refractivity contribution in [2.24, 2.45) is 0 Å². The summed E-state index contributed by atoms with van der Waals surface area (Å²) >= 11 is 1.50. The molecule has 0 saturated heterocycles. The Hall–Kier alpha value is -2.60. The van der Waals surface area contributed by atoms with Crippen LogP contribution in [0.4, 0.5) is 5.69 Å². The van der Waals surface area contributed by atoms with E-state index in [1.807, 2.05) is 42.6 Å². The number of para-hydroxylation sites is 1. The number of nitrogens with one attached hydrogen (secondary N) is 1. The molecule has 2 heterocycles. The van der Waals surface area contributed by atoms with Gasteiger partial charge in [0.2, 0.25) is 5.91 Å². The summed E-state index contributed by atoms with van der Waals surface area (Å²) in [6.07, 6.45) is -0.213. The molecule has 2 aromatic heterocycles. The third-order valence-corrected chi connectivity index (χ3v) is 4.73. The Morgan fingerprint density at radius 2 is 2.00 bits per heavy atom. The lowest BCUT2D eigenvalue weighted by atomic mass is 10.2. The maximum absolute atomic E-state index is 12.5. The fourth-order valence-electron chi connectivity index (χ4n) is 2.62. The molecule has 0 saturated carbocycles. The number of hydrogen-bond acceptors (Lipinski definition) is 4. The second-order valence-electron chi connectivity index (χ2n) is 6.11. The highest BCUT2D eigenvalue weighted by Crippen LogP contribution is 2.26. The van der Waals surface area contributed by atoms with Crippen LogP contribution in [-0.4, -0.2) is 22.5 Å². The summed E-state index contributed by atoms with van der Waals surface area (Å²) in [5.74, 6) is -0.596. The molecule has 1 aromatic carbocycles. The third-order valence-electron chi connectivity index (χ3n) is 3.78. The predicted octanol–water partition coefficient (Wildman–Crippen LogP) is 4.22. The lowest BCUT2D eigenvalue weighted by Crippen LogP contribution is -2.23. The van der Waals surface area contributed by atoms with Gasteiger partial charge in [0.15, 0.2) is 0 Å². The van der Waals surface area contributed by atoms with Gasteiger partial charge >= 0.3 is 5.97 Å². The van der Waals surface area contributed by atoms with Crippen molar-refractivity contribution in [2.75, 3.05) is 5.32 Å². The third kappa shape index (κ3) is 3.74. The molecule has 25 heavy (non-hydrogen) atoms. The van der Waals surface area contributed by atoms with Gasteiger partial charge in [-0.25, -0.2) is 4.79 Å². The van der Waals surface area contributed by atoms with E-state index in [1.165, 1.54) is 11.3 Å². The molecule has 1 amide bonds. The first-order valence-electron chi connectivity index (χ1n) is 8.09. The molecule has 0 unspecified atom stereocenters. The number of benzene rings is 1. The molecule has 0 bridgehead atoms. The van der Waals surface area contributed by atoms with Crippen molar-refractivity contribution in [3.05, 3.63) is 53.0 Å². The molecule has 3 rings (SSSR count). The minimum Gasteiger partial charge on any atom is -0.458 e. The average molecular weight is 356 g/mol. The van der Waals surface area contributed by atoms with E-state index in [9.17, 15) is 9.59 Å². The fraction of sp³-hybridized carbons (Fsp3) is 0.263. The zero-order valence-electron chi connectivity index (χ0n) is 14.4. The first-order chi connectivity index (χ1) is 12.0. The maximum Gasteiger partial charge on any atom is 0.355 e. The van der Waals surface area contributed by atoms with Gasteiger partial charge in [0.05, 0.1) is 6.10 Å². The summed E-state index contributed by atoms with van der Waals surface area (Å²) in [7, 11) is 0. The first kappa shape index (κ1) is 17.2. The molecule has 0 aliphatic rings. The van der Waals surface area contributed by atoms with Crippen LogP contribution in [-0.2, 0) is 16.1 Å². The largest absolute Gasteiger partial charge is 0.458 e. The van der Waals surface area contributed by atoms with Gasteiger partial charge in [0.25, 0.3) is 0 Å². The van der Waals surface area contributed by atoms with Crippen LogP contribution < -0.4 is 5.32 Å². The molecule has 0 aliphatic heterocycles. The molecule has 130 valence electrons. The van der Waals surface area contributed by atoms with Crippen LogP contribution in [0.5, 0.6) is 0 Å². The molecule has 5 nitrogen and oxygen atoms in total. The van der Waals surface area contributed by atoms with Crippen LogP contribution in [0.3, 0.4) is 0 Å². The zero-order valence-corrected chi connectivity index (χ0v) is 15.2. The number of nitrogens with zero attached hydrogens (tertiary/aromatic N) is 1. The quantitative estimate of drug-likeness (QED) is 0.697. The van der Waals surface area contributed by atoms with Crippen molar-refractivity contribution in [1.29, 1.82) is 0 Å². The SMILES string of the molecule is Cc1ccccc1NC(=O)Cn1c(C(=O)OC(C)C)cc2ccsc21. The number of rotatable bonds is 5. The number of aromatic nitrogens is 1. The van der Waals surface area contributed by atoms with Crippen LogP contribution in [0.25, 0.3) is 10.2 Å². The number of hydrogen-bond donors (Lipinski definition) is 1. The average Bonchev–Trinajstić information content (AvgIpc) is 3.11. The molecular formula is C19H20N2O3S. The highest BCUT2D eigenvalue weighted by Gasteiger charge is 2.20. The molecule has 3 aromatic rings. The summed E-state index contributed by atoms with van der Waals surface area (Å²) in [6.45, 7) is 5.60. The number of anilines is 1. The highest BCUT2D eigenvalue weighted by atomic mass is 32.1. The van der Waals surface area contributed by atoms with E-state index in [4.69, 9.17) is 4.74 Å². The molecule has 1 N–H and O–H groups in total. The van der Waals surface area contributed by atoms with Crippen molar-refractivity contribution < 1.29 is 14.3 Å². The van der Waals surface area contributed by atoms with Crippen LogP contribution >= 0.6 is 11.3 Å². The summed E-state index contributed by atoms with van der Waals surface area (Å²) in [5, 5.41) is 5.78. The number of thiophene rings is 1. The van der Waals surface area contributed by atoms with Crippen molar-refractivity contribution in [2.45, 2.75) is 33.4 Å². The van der Waals surface area contributed by atoms with Gasteiger partial charge in [0, 0.05) is 11.1 Å². The minimum absolute atomic E-state index is 0.0564. The number of aryl methyl sites for hydroxylation is 1. The standard InChI is InChI=1S/C19H20N2O3S/c1-12(2)24-19(23)16-10-14-8-9-25-18(14)21(16)11-17(22)20-15-7-5-4-6-13(15)3/h4-10,12H,11H2,1-3H3,(H,20,22). The topological polar surface area (TPSA) is 60.3 Å². The van der Waals surface area contributed by atoms with Gasteiger partial charge in [-0.05, 0) is 49.9 Å². The number of ether oxygens (including phenoxy) is 1. The molecule has 0 fully saturated rings. The van der Waals surface area contributed by atoms with E-state index in [0.29, 0.717) is 5.69 Å². The van der Waals surface area contributed by atoms with Crippen molar-refractivity contribution in [3.8, 4) is 0 Å². The van der Waals surface area contributed by atoms with Crippen molar-refractivity contribution in [1.82, 2.24) is 4.57 Å². The van der Waals surface area contributed by atoms with Gasteiger partial charge in [-0.3, -0.25) is 4.79 Å². The van der Waals surface area contributed by atoms with Gasteiger partial charge in [-0.2, -0.15) is 0 Å². The van der Waals surface area contributed by atoms with Crippen LogP contribution in [0, 0.1) is 6.92 Å². The second kappa shape index (κ2) is 7.11. The van der Waals surface area contributed by atoms with E-state index in [-0.39, 0.29) is 18.6 Å². The number of fused-ring (bicyclic) bond motifs is 1. The number of amides is 1. The summed E-state index contributed by atoms with van der Waals surface area (Å²) in [5.41, 5.74) is 2.16. The van der Waals surface area contributed by atoms with Crippen molar-refractivity contribution >= 4 is 39.1 Å². The Morgan fingerprint density at radius 3 is 2.72 bits per heavy atom. The Labute approximate surface area is 150 Å². The first-order valence-corrected chi connectivity index (χ1v) is 8.97. The van der Waals surface area contributed by atoms with Crippen LogP contribution in [0.2, 0.25) is 0 Å². The molecule has 0 atom stereocenters. The minimum atomic E-state index is -0.415. The van der Waals surface area contributed by atoms with E-state index < -0.39 is 5.97 Å².